The fraction of sp³-hybridized carbons (Fsp3) is 0.276. The number of hydrogen-bond donors (Lipinski definition) is 2. The van der Waals surface area contributed by atoms with Crippen molar-refractivity contribution in [3.63, 3.8) is 0 Å². The van der Waals surface area contributed by atoms with Crippen LogP contribution in [0.4, 0.5) is 18.9 Å². The molecular weight excluding hydrogens is 509 g/mol. The summed E-state index contributed by atoms with van der Waals surface area (Å²) >= 11 is 0. The van der Waals surface area contributed by atoms with Gasteiger partial charge in [-0.1, -0.05) is 29.8 Å². The molecule has 0 atom stereocenters. The summed E-state index contributed by atoms with van der Waals surface area (Å²) in [5.41, 5.74) is 2.42. The van der Waals surface area contributed by atoms with Crippen LogP contribution in [-0.2, 0) is 11.0 Å². The lowest BCUT2D eigenvalue weighted by Gasteiger charge is -2.32. The maximum absolute atomic E-state index is 13.1. The van der Waals surface area contributed by atoms with E-state index in [1.165, 1.54) is 6.20 Å². The third-order valence-electron chi connectivity index (χ3n) is 6.93. The van der Waals surface area contributed by atoms with Crippen LogP contribution < -0.4 is 10.1 Å². The van der Waals surface area contributed by atoms with Crippen molar-refractivity contribution in [2.75, 3.05) is 25.0 Å². The predicted molar refractivity (Wildman–Crippen MR) is 141 cm³/mol. The number of hydrogen-bond acceptors (Lipinski definition) is 4. The highest BCUT2D eigenvalue weighted by atomic mass is 19.4. The summed E-state index contributed by atoms with van der Waals surface area (Å²) in [5, 5.41) is 2.99. The first-order chi connectivity index (χ1) is 18.7. The van der Waals surface area contributed by atoms with E-state index >= 15 is 0 Å². The average molecular weight is 537 g/mol. The summed E-state index contributed by atoms with van der Waals surface area (Å²) in [5.74, 6) is 0.283. The standard InChI is InChI=1S/C29H27F3N4O3/c1-18-2-8-23(9-3-18)39-17-26(37)35-22-6-4-19(5-7-22)20-10-12-36(13-11-20)28(38)25-16-34-27-24(25)14-21(15-33-27)29(30,31)32/h2-9,14-16,20H,10-13,17H2,1H3,(H,33,34)(H,35,37). The number of nitrogens with zero attached hydrogens (tertiary/aromatic N) is 2. The number of rotatable bonds is 6. The van der Waals surface area contributed by atoms with Crippen LogP contribution in [0.2, 0.25) is 0 Å². The molecule has 5 rings (SSSR count). The highest BCUT2D eigenvalue weighted by Gasteiger charge is 2.32. The Bertz CT molecular complexity index is 1470. The van der Waals surface area contributed by atoms with Gasteiger partial charge in [0.15, 0.2) is 6.61 Å². The molecule has 0 saturated carbocycles. The number of H-pyrrole nitrogens is 1. The monoisotopic (exact) mass is 536 g/mol. The predicted octanol–water partition coefficient (Wildman–Crippen LogP) is 5.93. The van der Waals surface area contributed by atoms with Gasteiger partial charge in [-0.3, -0.25) is 9.59 Å². The van der Waals surface area contributed by atoms with Gasteiger partial charge in [0.05, 0.1) is 11.1 Å². The van der Waals surface area contributed by atoms with Crippen LogP contribution in [0.3, 0.4) is 0 Å². The molecule has 10 heteroatoms. The lowest BCUT2D eigenvalue weighted by atomic mass is 9.89. The van der Waals surface area contributed by atoms with E-state index in [-0.39, 0.29) is 40.9 Å². The molecule has 2 aromatic carbocycles. The van der Waals surface area contributed by atoms with Gasteiger partial charge < -0.3 is 19.9 Å². The van der Waals surface area contributed by atoms with Crippen molar-refractivity contribution in [1.29, 1.82) is 0 Å². The lowest BCUT2D eigenvalue weighted by molar-refractivity contribution is -0.137. The molecule has 2 N–H and O–H groups in total. The first-order valence-electron chi connectivity index (χ1n) is 12.6. The van der Waals surface area contributed by atoms with Crippen LogP contribution in [0, 0.1) is 6.92 Å². The number of fused-ring (bicyclic) bond motifs is 1. The molecule has 3 heterocycles. The van der Waals surface area contributed by atoms with E-state index < -0.39 is 11.7 Å². The van der Waals surface area contributed by atoms with Crippen LogP contribution in [-0.4, -0.2) is 46.4 Å². The van der Waals surface area contributed by atoms with Crippen LogP contribution in [0.1, 0.15) is 45.8 Å². The summed E-state index contributed by atoms with van der Waals surface area (Å²) in [6.07, 6.45) is -0.920. The van der Waals surface area contributed by atoms with Crippen molar-refractivity contribution < 1.29 is 27.5 Å². The Balaban J connectivity index is 1.15. The number of ether oxygens (including phenoxy) is 1. The number of likely N-dealkylation sites (tertiary alicyclic amines) is 1. The molecule has 7 nitrogen and oxygen atoms in total. The Morgan fingerprint density at radius 2 is 1.77 bits per heavy atom. The topological polar surface area (TPSA) is 87.3 Å². The maximum atomic E-state index is 13.1. The van der Waals surface area contributed by atoms with Gasteiger partial charge in [0.2, 0.25) is 0 Å². The molecule has 2 amide bonds. The van der Waals surface area contributed by atoms with Gasteiger partial charge in [-0.05, 0) is 61.6 Å². The van der Waals surface area contributed by atoms with Crippen LogP contribution in [0.5, 0.6) is 5.75 Å². The number of carbonyl (C=O) groups is 2. The second kappa shape index (κ2) is 10.8. The summed E-state index contributed by atoms with van der Waals surface area (Å²) in [7, 11) is 0. The van der Waals surface area contributed by atoms with Crippen LogP contribution in [0.25, 0.3) is 11.0 Å². The summed E-state index contributed by atoms with van der Waals surface area (Å²) in [6, 6.07) is 16.0. The molecule has 0 unspecified atom stereocenters. The number of benzene rings is 2. The van der Waals surface area contributed by atoms with E-state index in [9.17, 15) is 22.8 Å². The van der Waals surface area contributed by atoms with E-state index in [0.717, 1.165) is 36.2 Å². The van der Waals surface area contributed by atoms with Crippen molar-refractivity contribution in [3.05, 3.63) is 89.2 Å². The minimum Gasteiger partial charge on any atom is -0.484 e. The third-order valence-corrected chi connectivity index (χ3v) is 6.93. The zero-order valence-corrected chi connectivity index (χ0v) is 21.2. The maximum Gasteiger partial charge on any atom is 0.417 e. The van der Waals surface area contributed by atoms with E-state index in [1.807, 2.05) is 55.5 Å². The van der Waals surface area contributed by atoms with Crippen molar-refractivity contribution in [2.24, 2.45) is 0 Å². The van der Waals surface area contributed by atoms with Crippen molar-refractivity contribution >= 4 is 28.5 Å². The number of alkyl halides is 3. The number of anilines is 1. The molecule has 1 fully saturated rings. The van der Waals surface area contributed by atoms with Crippen molar-refractivity contribution in [3.8, 4) is 5.75 Å². The number of amides is 2. The smallest absolute Gasteiger partial charge is 0.417 e. The number of nitrogens with one attached hydrogen (secondary N) is 2. The highest BCUT2D eigenvalue weighted by molar-refractivity contribution is 6.06. The first-order valence-corrected chi connectivity index (χ1v) is 12.6. The number of carbonyl (C=O) groups excluding carboxylic acids is 2. The Labute approximate surface area is 223 Å². The number of halogens is 3. The zero-order valence-electron chi connectivity index (χ0n) is 21.2. The zero-order chi connectivity index (χ0) is 27.6. The molecule has 1 aliphatic rings. The van der Waals surface area contributed by atoms with Gasteiger partial charge in [-0.2, -0.15) is 13.2 Å². The van der Waals surface area contributed by atoms with Gasteiger partial charge in [0.1, 0.15) is 11.4 Å². The Kier molecular flexibility index (Phi) is 7.28. The average Bonchev–Trinajstić information content (AvgIpc) is 3.36. The Morgan fingerprint density at radius 3 is 2.44 bits per heavy atom. The first kappa shape index (κ1) is 26.3. The fourth-order valence-corrected chi connectivity index (χ4v) is 4.74. The molecule has 1 saturated heterocycles. The SMILES string of the molecule is Cc1ccc(OCC(=O)Nc2ccc(C3CCN(C(=O)c4c[nH]c5ncc(C(F)(F)F)cc45)CC3)cc2)cc1. The molecule has 1 aliphatic heterocycles. The molecule has 39 heavy (non-hydrogen) atoms. The number of aromatic amines is 1. The molecule has 0 radical (unpaired) electrons. The summed E-state index contributed by atoms with van der Waals surface area (Å²) in [4.78, 5) is 33.7. The van der Waals surface area contributed by atoms with E-state index in [2.05, 4.69) is 15.3 Å². The van der Waals surface area contributed by atoms with Gasteiger partial charge in [0, 0.05) is 36.6 Å². The molecule has 4 aromatic rings. The Hall–Kier alpha value is -4.34. The molecule has 0 bridgehead atoms. The molecule has 0 aliphatic carbocycles. The Morgan fingerprint density at radius 1 is 1.08 bits per heavy atom. The van der Waals surface area contributed by atoms with Crippen molar-refractivity contribution in [1.82, 2.24) is 14.9 Å². The summed E-state index contributed by atoms with van der Waals surface area (Å²) < 4.78 is 44.9. The normalized spacial score (nSPS) is 14.4. The van der Waals surface area contributed by atoms with Gasteiger partial charge in [-0.25, -0.2) is 4.98 Å². The number of aromatic nitrogens is 2. The number of pyridine rings is 1. The second-order valence-corrected chi connectivity index (χ2v) is 9.66. The molecular formula is C29H27F3N4O3. The molecule has 0 spiro atoms. The lowest BCUT2D eigenvalue weighted by Crippen LogP contribution is -2.37. The minimum atomic E-state index is -4.54. The highest BCUT2D eigenvalue weighted by Crippen LogP contribution is 2.33. The molecule has 2 aromatic heterocycles. The largest absolute Gasteiger partial charge is 0.484 e. The molecule has 202 valence electrons. The van der Waals surface area contributed by atoms with E-state index in [0.29, 0.717) is 24.5 Å². The van der Waals surface area contributed by atoms with Gasteiger partial charge >= 0.3 is 6.18 Å². The summed E-state index contributed by atoms with van der Waals surface area (Å²) in [6.45, 7) is 2.85. The second-order valence-electron chi connectivity index (χ2n) is 9.66. The fourth-order valence-electron chi connectivity index (χ4n) is 4.74. The third kappa shape index (κ3) is 6.05. The van der Waals surface area contributed by atoms with Gasteiger partial charge in [-0.15, -0.1) is 0 Å². The quantitative estimate of drug-likeness (QED) is 0.320. The van der Waals surface area contributed by atoms with Crippen molar-refractivity contribution in [2.45, 2.75) is 31.9 Å². The number of aryl methyl sites for hydroxylation is 1. The van der Waals surface area contributed by atoms with Crippen LogP contribution >= 0.6 is 0 Å². The van der Waals surface area contributed by atoms with Crippen LogP contribution in [0.15, 0.2) is 67.0 Å². The van der Waals surface area contributed by atoms with Gasteiger partial charge in [0.25, 0.3) is 11.8 Å². The minimum absolute atomic E-state index is 0.0959. The van der Waals surface area contributed by atoms with E-state index in [4.69, 9.17) is 4.74 Å². The van der Waals surface area contributed by atoms with E-state index in [1.54, 1.807) is 4.90 Å². The number of piperidine rings is 1.